The molecular formula is C17H12F3N5O2. The molecule has 10 heteroatoms. The predicted molar refractivity (Wildman–Crippen MR) is 90.2 cm³/mol. The fourth-order valence-electron chi connectivity index (χ4n) is 2.19. The molecule has 0 spiro atoms. The van der Waals surface area contributed by atoms with Crippen LogP contribution in [0.2, 0.25) is 0 Å². The van der Waals surface area contributed by atoms with E-state index in [2.05, 4.69) is 20.7 Å². The van der Waals surface area contributed by atoms with E-state index in [1.54, 1.807) is 47.6 Å². The van der Waals surface area contributed by atoms with E-state index in [0.717, 1.165) is 0 Å². The molecule has 2 aromatic carbocycles. The summed E-state index contributed by atoms with van der Waals surface area (Å²) in [6.07, 6.45) is -4.71. The second kappa shape index (κ2) is 7.28. The van der Waals surface area contributed by atoms with Crippen molar-refractivity contribution < 1.29 is 22.8 Å². The summed E-state index contributed by atoms with van der Waals surface area (Å²) in [6.45, 7) is 0. The van der Waals surface area contributed by atoms with Gasteiger partial charge in [-0.1, -0.05) is 30.3 Å². The van der Waals surface area contributed by atoms with E-state index >= 15 is 0 Å². The van der Waals surface area contributed by atoms with Gasteiger partial charge in [0.2, 0.25) is 11.8 Å². The van der Waals surface area contributed by atoms with E-state index in [1.807, 2.05) is 0 Å². The standard InChI is InChI=1S/C17H12F3N5O2/c18-17(19,20)15-23-16(25-24-15)22-14(27)11-8-4-5-9-12(11)21-13(26)10-6-2-1-3-7-10/h1-9H,(H,21,26)(H2,22,23,24,25,27). The van der Waals surface area contributed by atoms with Crippen LogP contribution in [0.25, 0.3) is 0 Å². The number of nitrogens with one attached hydrogen (secondary N) is 3. The molecule has 2 amide bonds. The zero-order valence-electron chi connectivity index (χ0n) is 13.5. The Kier molecular flexibility index (Phi) is 4.88. The smallest absolute Gasteiger partial charge is 0.321 e. The number of para-hydroxylation sites is 1. The van der Waals surface area contributed by atoms with E-state index < -0.39 is 29.8 Å². The van der Waals surface area contributed by atoms with Gasteiger partial charge in [0.05, 0.1) is 11.3 Å². The summed E-state index contributed by atoms with van der Waals surface area (Å²) in [4.78, 5) is 27.8. The van der Waals surface area contributed by atoms with Gasteiger partial charge in [0, 0.05) is 5.56 Å². The quantitative estimate of drug-likeness (QED) is 0.651. The lowest BCUT2D eigenvalue weighted by Crippen LogP contribution is -2.18. The van der Waals surface area contributed by atoms with Crippen LogP contribution in [0.5, 0.6) is 0 Å². The topological polar surface area (TPSA) is 99.8 Å². The van der Waals surface area contributed by atoms with Crippen molar-refractivity contribution in [3.63, 3.8) is 0 Å². The van der Waals surface area contributed by atoms with Gasteiger partial charge < -0.3 is 5.32 Å². The second-order valence-corrected chi connectivity index (χ2v) is 5.33. The Morgan fingerprint density at radius 3 is 2.22 bits per heavy atom. The molecule has 0 atom stereocenters. The number of carbonyl (C=O) groups is 2. The molecule has 1 aromatic heterocycles. The molecule has 0 saturated carbocycles. The lowest BCUT2D eigenvalue weighted by molar-refractivity contribution is -0.144. The van der Waals surface area contributed by atoms with Crippen LogP contribution >= 0.6 is 0 Å². The number of aromatic nitrogens is 3. The van der Waals surface area contributed by atoms with Crippen LogP contribution in [-0.4, -0.2) is 27.0 Å². The van der Waals surface area contributed by atoms with E-state index in [4.69, 9.17) is 0 Å². The van der Waals surface area contributed by atoms with Gasteiger partial charge in [-0.3, -0.25) is 20.0 Å². The minimum absolute atomic E-state index is 0.0418. The van der Waals surface area contributed by atoms with E-state index in [-0.39, 0.29) is 11.3 Å². The number of aromatic amines is 1. The summed E-state index contributed by atoms with van der Waals surface area (Å²) in [7, 11) is 0. The van der Waals surface area contributed by atoms with Gasteiger partial charge in [-0.15, -0.1) is 5.10 Å². The maximum absolute atomic E-state index is 12.5. The molecule has 0 aliphatic heterocycles. The number of benzene rings is 2. The molecule has 0 bridgehead atoms. The Labute approximate surface area is 150 Å². The van der Waals surface area contributed by atoms with E-state index in [0.29, 0.717) is 5.56 Å². The first-order valence-electron chi connectivity index (χ1n) is 7.61. The average Bonchev–Trinajstić information content (AvgIpc) is 3.12. The van der Waals surface area contributed by atoms with Gasteiger partial charge in [-0.05, 0) is 24.3 Å². The van der Waals surface area contributed by atoms with Gasteiger partial charge in [0.1, 0.15) is 0 Å². The summed E-state index contributed by atoms with van der Waals surface area (Å²) in [5, 5.41) is 9.77. The van der Waals surface area contributed by atoms with Crippen molar-refractivity contribution in [3.05, 3.63) is 71.5 Å². The third-order valence-electron chi connectivity index (χ3n) is 3.44. The molecule has 0 aliphatic rings. The molecular weight excluding hydrogens is 363 g/mol. The Bertz CT molecular complexity index is 970. The minimum atomic E-state index is -4.71. The maximum Gasteiger partial charge on any atom is 0.451 e. The highest BCUT2D eigenvalue weighted by atomic mass is 19.4. The number of hydrogen-bond acceptors (Lipinski definition) is 4. The van der Waals surface area contributed by atoms with Crippen molar-refractivity contribution in [1.82, 2.24) is 15.2 Å². The lowest BCUT2D eigenvalue weighted by atomic mass is 10.1. The first kappa shape index (κ1) is 18.1. The number of alkyl halides is 3. The van der Waals surface area contributed by atoms with Crippen molar-refractivity contribution in [1.29, 1.82) is 0 Å². The third-order valence-corrected chi connectivity index (χ3v) is 3.44. The monoisotopic (exact) mass is 375 g/mol. The van der Waals surface area contributed by atoms with Gasteiger partial charge in [0.25, 0.3) is 11.8 Å². The van der Waals surface area contributed by atoms with Gasteiger partial charge in [-0.25, -0.2) is 0 Å². The molecule has 0 fully saturated rings. The summed E-state index contributed by atoms with van der Waals surface area (Å²) in [5.74, 6) is -3.07. The van der Waals surface area contributed by atoms with Crippen LogP contribution in [0.3, 0.4) is 0 Å². The number of hydrogen-bond donors (Lipinski definition) is 3. The SMILES string of the molecule is O=C(Nc1ccccc1C(=O)Nc1n[nH]c(C(F)(F)F)n1)c1ccccc1. The Balaban J connectivity index is 1.78. The van der Waals surface area contributed by atoms with Gasteiger partial charge in [-0.2, -0.15) is 18.2 Å². The predicted octanol–water partition coefficient (Wildman–Crippen LogP) is 3.33. The van der Waals surface area contributed by atoms with Crippen molar-refractivity contribution >= 4 is 23.5 Å². The van der Waals surface area contributed by atoms with Crippen molar-refractivity contribution in [2.45, 2.75) is 6.18 Å². The second-order valence-electron chi connectivity index (χ2n) is 5.33. The molecule has 0 unspecified atom stereocenters. The van der Waals surface area contributed by atoms with E-state index in [9.17, 15) is 22.8 Å². The highest BCUT2D eigenvalue weighted by Crippen LogP contribution is 2.26. The lowest BCUT2D eigenvalue weighted by Gasteiger charge is -2.10. The highest BCUT2D eigenvalue weighted by Gasteiger charge is 2.35. The number of rotatable bonds is 4. The van der Waals surface area contributed by atoms with Crippen LogP contribution in [0.15, 0.2) is 54.6 Å². The number of halogens is 3. The zero-order valence-corrected chi connectivity index (χ0v) is 13.5. The summed E-state index contributed by atoms with van der Waals surface area (Å²) in [6, 6.07) is 14.4. The van der Waals surface area contributed by atoms with Crippen LogP contribution in [0.4, 0.5) is 24.8 Å². The third kappa shape index (κ3) is 4.29. The summed E-state index contributed by atoms with van der Waals surface area (Å²) < 4.78 is 37.6. The van der Waals surface area contributed by atoms with Crippen LogP contribution < -0.4 is 10.6 Å². The van der Waals surface area contributed by atoms with E-state index in [1.165, 1.54) is 12.1 Å². The number of amides is 2. The van der Waals surface area contributed by atoms with Crippen LogP contribution in [0.1, 0.15) is 26.5 Å². The highest BCUT2D eigenvalue weighted by molar-refractivity contribution is 6.12. The molecule has 7 nitrogen and oxygen atoms in total. The van der Waals surface area contributed by atoms with Crippen LogP contribution in [0, 0.1) is 0 Å². The fourth-order valence-corrected chi connectivity index (χ4v) is 2.19. The van der Waals surface area contributed by atoms with Gasteiger partial charge >= 0.3 is 6.18 Å². The minimum Gasteiger partial charge on any atom is -0.321 e. The molecule has 3 rings (SSSR count). The molecule has 27 heavy (non-hydrogen) atoms. The Hall–Kier alpha value is -3.69. The van der Waals surface area contributed by atoms with Crippen molar-refractivity contribution in [3.8, 4) is 0 Å². The average molecular weight is 375 g/mol. The number of anilines is 2. The normalized spacial score (nSPS) is 11.1. The van der Waals surface area contributed by atoms with Crippen molar-refractivity contribution in [2.24, 2.45) is 0 Å². The summed E-state index contributed by atoms with van der Waals surface area (Å²) in [5.41, 5.74) is 0.618. The molecule has 0 saturated heterocycles. The fraction of sp³-hybridized carbons (Fsp3) is 0.0588. The molecule has 0 aliphatic carbocycles. The number of nitrogens with zero attached hydrogens (tertiary/aromatic N) is 2. The van der Waals surface area contributed by atoms with Crippen LogP contribution in [-0.2, 0) is 6.18 Å². The molecule has 3 aromatic rings. The molecule has 0 radical (unpaired) electrons. The Morgan fingerprint density at radius 2 is 1.56 bits per heavy atom. The zero-order chi connectivity index (χ0) is 19.4. The van der Waals surface area contributed by atoms with Crippen molar-refractivity contribution in [2.75, 3.05) is 10.6 Å². The Morgan fingerprint density at radius 1 is 0.889 bits per heavy atom. The molecule has 138 valence electrons. The first-order valence-corrected chi connectivity index (χ1v) is 7.61. The molecule has 3 N–H and O–H groups in total. The summed E-state index contributed by atoms with van der Waals surface area (Å²) >= 11 is 0. The maximum atomic E-state index is 12.5. The van der Waals surface area contributed by atoms with Gasteiger partial charge in [0.15, 0.2) is 0 Å². The largest absolute Gasteiger partial charge is 0.451 e. The number of carbonyl (C=O) groups excluding carboxylic acids is 2. The number of H-pyrrole nitrogens is 1. The molecule has 1 heterocycles. The first-order chi connectivity index (χ1) is 12.8.